The van der Waals surface area contributed by atoms with Crippen molar-refractivity contribution in [3.05, 3.63) is 5.92 Å². The molecule has 0 aliphatic heterocycles. The van der Waals surface area contributed by atoms with E-state index in [1.165, 1.54) is 0 Å². The zero-order valence-corrected chi connectivity index (χ0v) is 5.77. The van der Waals surface area contributed by atoms with Crippen LogP contribution < -0.4 is 5.32 Å². The Morgan fingerprint density at radius 3 is 2.44 bits per heavy atom. The van der Waals surface area contributed by atoms with Crippen LogP contribution in [-0.2, 0) is 4.79 Å². The Kier molecular flexibility index (Phi) is 4.05. The molecule has 0 saturated carbocycles. The van der Waals surface area contributed by atoms with Crippen LogP contribution in [0.15, 0.2) is 0 Å². The second-order valence-corrected chi connectivity index (χ2v) is 1.98. The molecule has 3 heteroatoms. The minimum Gasteiger partial charge on any atom is -0.395 e. The van der Waals surface area contributed by atoms with E-state index in [4.69, 9.17) is 5.11 Å². The van der Waals surface area contributed by atoms with Gasteiger partial charge in [-0.3, -0.25) is 4.79 Å². The maximum atomic E-state index is 10.6. The van der Waals surface area contributed by atoms with E-state index in [0.717, 1.165) is 0 Å². The van der Waals surface area contributed by atoms with Gasteiger partial charge in [-0.1, -0.05) is 13.8 Å². The van der Waals surface area contributed by atoms with E-state index in [2.05, 4.69) is 5.32 Å². The van der Waals surface area contributed by atoms with Gasteiger partial charge in [-0.05, 0) is 0 Å². The standard InChI is InChI=1S/C6H12NO2/c1-5(2)6(9)7-3-4-8/h8H,3-4H2,1-2H3,(H,7,9). The topological polar surface area (TPSA) is 49.3 Å². The maximum absolute atomic E-state index is 10.6. The van der Waals surface area contributed by atoms with Crippen molar-refractivity contribution >= 4 is 5.91 Å². The largest absolute Gasteiger partial charge is 0.395 e. The number of nitrogens with one attached hydrogen (secondary N) is 1. The van der Waals surface area contributed by atoms with Crippen molar-refractivity contribution in [3.8, 4) is 0 Å². The summed E-state index contributed by atoms with van der Waals surface area (Å²) in [5.41, 5.74) is 0. The third kappa shape index (κ3) is 3.97. The third-order valence-corrected chi connectivity index (χ3v) is 0.851. The van der Waals surface area contributed by atoms with Crippen molar-refractivity contribution in [1.82, 2.24) is 5.32 Å². The summed E-state index contributed by atoms with van der Waals surface area (Å²) in [7, 11) is 0. The van der Waals surface area contributed by atoms with Gasteiger partial charge in [-0.2, -0.15) is 0 Å². The molecule has 0 aromatic carbocycles. The number of aliphatic hydroxyl groups excluding tert-OH is 1. The predicted molar refractivity (Wildman–Crippen MR) is 34.7 cm³/mol. The molecule has 1 radical (unpaired) electrons. The third-order valence-electron chi connectivity index (χ3n) is 0.851. The smallest absolute Gasteiger partial charge is 0.226 e. The summed E-state index contributed by atoms with van der Waals surface area (Å²) in [5, 5.41) is 10.8. The van der Waals surface area contributed by atoms with Gasteiger partial charge in [0.2, 0.25) is 5.91 Å². The first kappa shape index (κ1) is 8.43. The summed E-state index contributed by atoms with van der Waals surface area (Å²) in [6, 6.07) is 0. The van der Waals surface area contributed by atoms with Gasteiger partial charge in [0.1, 0.15) is 0 Å². The molecule has 0 aromatic rings. The first-order valence-electron chi connectivity index (χ1n) is 2.87. The van der Waals surface area contributed by atoms with Crippen LogP contribution in [0.5, 0.6) is 0 Å². The van der Waals surface area contributed by atoms with Gasteiger partial charge >= 0.3 is 0 Å². The fraction of sp³-hybridized carbons (Fsp3) is 0.667. The van der Waals surface area contributed by atoms with Crippen molar-refractivity contribution < 1.29 is 9.90 Å². The van der Waals surface area contributed by atoms with Crippen molar-refractivity contribution in [1.29, 1.82) is 0 Å². The van der Waals surface area contributed by atoms with Gasteiger partial charge in [0, 0.05) is 6.54 Å². The molecule has 0 unspecified atom stereocenters. The maximum Gasteiger partial charge on any atom is 0.226 e. The van der Waals surface area contributed by atoms with E-state index < -0.39 is 0 Å². The molecule has 9 heavy (non-hydrogen) atoms. The Morgan fingerprint density at radius 1 is 1.56 bits per heavy atom. The fourth-order valence-corrected chi connectivity index (χ4v) is 0.346. The zero-order chi connectivity index (χ0) is 7.28. The monoisotopic (exact) mass is 130 g/mol. The number of hydrogen-bond donors (Lipinski definition) is 2. The average Bonchev–Trinajstić information content (AvgIpc) is 1.82. The zero-order valence-electron chi connectivity index (χ0n) is 5.77. The van der Waals surface area contributed by atoms with E-state index in [9.17, 15) is 4.79 Å². The Bertz CT molecular complexity index is 91.1. The number of carbonyl (C=O) groups is 1. The first-order valence-corrected chi connectivity index (χ1v) is 2.87. The molecule has 3 nitrogen and oxygen atoms in total. The van der Waals surface area contributed by atoms with Gasteiger partial charge in [0.05, 0.1) is 12.5 Å². The molecule has 53 valence electrons. The van der Waals surface area contributed by atoms with Crippen LogP contribution in [0.2, 0.25) is 0 Å². The van der Waals surface area contributed by atoms with Crippen LogP contribution in [-0.4, -0.2) is 24.2 Å². The highest BCUT2D eigenvalue weighted by atomic mass is 16.3. The average molecular weight is 130 g/mol. The molecule has 0 heterocycles. The summed E-state index contributed by atoms with van der Waals surface area (Å²) in [6.07, 6.45) is 0. The lowest BCUT2D eigenvalue weighted by atomic mass is 10.2. The molecule has 0 rings (SSSR count). The molecule has 0 aliphatic rings. The molecule has 0 bridgehead atoms. The van der Waals surface area contributed by atoms with E-state index in [1.54, 1.807) is 13.8 Å². The molecule has 0 aromatic heterocycles. The van der Waals surface area contributed by atoms with Crippen molar-refractivity contribution in [2.24, 2.45) is 0 Å². The van der Waals surface area contributed by atoms with Gasteiger partial charge in [0.25, 0.3) is 0 Å². The molecular formula is C6H12NO2. The Balaban J connectivity index is 3.28. The highest BCUT2D eigenvalue weighted by Crippen LogP contribution is 1.91. The van der Waals surface area contributed by atoms with Crippen LogP contribution in [0, 0.1) is 5.92 Å². The highest BCUT2D eigenvalue weighted by molar-refractivity contribution is 5.88. The lowest BCUT2D eigenvalue weighted by Crippen LogP contribution is -2.29. The Hall–Kier alpha value is -0.570. The normalized spacial score (nSPS) is 9.78. The molecule has 0 atom stereocenters. The summed E-state index contributed by atoms with van der Waals surface area (Å²) in [4.78, 5) is 10.6. The summed E-state index contributed by atoms with van der Waals surface area (Å²) >= 11 is 0. The summed E-state index contributed by atoms with van der Waals surface area (Å²) in [5.74, 6) is 0.618. The van der Waals surface area contributed by atoms with Gasteiger partial charge in [-0.15, -0.1) is 0 Å². The van der Waals surface area contributed by atoms with Crippen molar-refractivity contribution in [3.63, 3.8) is 0 Å². The quantitative estimate of drug-likeness (QED) is 0.551. The minimum atomic E-state index is -0.0935. The highest BCUT2D eigenvalue weighted by Gasteiger charge is 2.04. The lowest BCUT2D eigenvalue weighted by Gasteiger charge is -2.03. The number of carbonyl (C=O) groups excluding carboxylic acids is 1. The number of hydrogen-bond acceptors (Lipinski definition) is 2. The van der Waals surface area contributed by atoms with E-state index in [1.807, 2.05) is 0 Å². The molecular weight excluding hydrogens is 118 g/mol. The van der Waals surface area contributed by atoms with Gasteiger partial charge < -0.3 is 10.4 Å². The van der Waals surface area contributed by atoms with Gasteiger partial charge in [0.15, 0.2) is 0 Å². The first-order chi connectivity index (χ1) is 4.18. The van der Waals surface area contributed by atoms with E-state index >= 15 is 0 Å². The molecule has 0 saturated heterocycles. The van der Waals surface area contributed by atoms with Gasteiger partial charge in [-0.25, -0.2) is 0 Å². The molecule has 0 aliphatic carbocycles. The van der Waals surface area contributed by atoms with Crippen LogP contribution in [0.4, 0.5) is 0 Å². The number of rotatable bonds is 3. The van der Waals surface area contributed by atoms with Crippen molar-refractivity contribution in [2.45, 2.75) is 13.8 Å². The van der Waals surface area contributed by atoms with Crippen LogP contribution in [0.25, 0.3) is 0 Å². The molecule has 0 fully saturated rings. The molecule has 0 spiro atoms. The van der Waals surface area contributed by atoms with Crippen molar-refractivity contribution in [2.75, 3.05) is 13.2 Å². The van der Waals surface area contributed by atoms with E-state index in [0.29, 0.717) is 12.5 Å². The minimum absolute atomic E-state index is 0.000972. The Morgan fingerprint density at radius 2 is 2.11 bits per heavy atom. The van der Waals surface area contributed by atoms with E-state index in [-0.39, 0.29) is 12.5 Å². The molecule has 2 N–H and O–H groups in total. The Labute approximate surface area is 55.1 Å². The van der Waals surface area contributed by atoms with Crippen LogP contribution >= 0.6 is 0 Å². The molecule has 1 amide bonds. The van der Waals surface area contributed by atoms with Crippen LogP contribution in [0.1, 0.15) is 13.8 Å². The number of amides is 1. The lowest BCUT2D eigenvalue weighted by molar-refractivity contribution is -0.119. The predicted octanol–water partition coefficient (Wildman–Crippen LogP) is -0.291. The fourth-order valence-electron chi connectivity index (χ4n) is 0.346. The number of aliphatic hydroxyl groups is 1. The summed E-state index contributed by atoms with van der Waals surface area (Å²) in [6.45, 7) is 3.79. The second kappa shape index (κ2) is 4.32. The second-order valence-electron chi connectivity index (χ2n) is 1.98. The van der Waals surface area contributed by atoms with Crippen LogP contribution in [0.3, 0.4) is 0 Å². The SMILES string of the molecule is C[C](C)C(=O)NCCO. The summed E-state index contributed by atoms with van der Waals surface area (Å²) < 4.78 is 0.